The fourth-order valence-electron chi connectivity index (χ4n) is 3.35. The SMILES string of the molecule is C=CCN1C(=O)N[C@H](c2cccc(Cl)c2)C2=C1CN([C@H](C)CC)C2=O. The smallest absolute Gasteiger partial charge is 0.322 e. The van der Waals surface area contributed by atoms with Crippen molar-refractivity contribution in [3.05, 3.63) is 58.8 Å². The van der Waals surface area contributed by atoms with E-state index < -0.39 is 6.04 Å². The van der Waals surface area contributed by atoms with E-state index in [-0.39, 0.29) is 18.0 Å². The van der Waals surface area contributed by atoms with E-state index in [4.69, 9.17) is 11.6 Å². The van der Waals surface area contributed by atoms with Crippen LogP contribution in [0.25, 0.3) is 0 Å². The van der Waals surface area contributed by atoms with Gasteiger partial charge >= 0.3 is 6.03 Å². The zero-order valence-corrected chi connectivity index (χ0v) is 15.2. The van der Waals surface area contributed by atoms with Crippen LogP contribution in [0.3, 0.4) is 0 Å². The highest BCUT2D eigenvalue weighted by atomic mass is 35.5. The number of hydrogen-bond acceptors (Lipinski definition) is 2. The zero-order chi connectivity index (χ0) is 18.1. The van der Waals surface area contributed by atoms with E-state index in [2.05, 4.69) is 18.8 Å². The highest BCUT2D eigenvalue weighted by Gasteiger charge is 2.44. The molecule has 25 heavy (non-hydrogen) atoms. The molecule has 0 bridgehead atoms. The average Bonchev–Trinajstić information content (AvgIpc) is 2.94. The minimum atomic E-state index is -0.483. The molecule has 3 rings (SSSR count). The second-order valence-electron chi connectivity index (χ2n) is 6.39. The van der Waals surface area contributed by atoms with Crippen LogP contribution in [0.15, 0.2) is 48.2 Å². The lowest BCUT2D eigenvalue weighted by Gasteiger charge is -2.33. The van der Waals surface area contributed by atoms with Crippen LogP contribution in [-0.4, -0.2) is 40.9 Å². The number of hydrogen-bond donors (Lipinski definition) is 1. The van der Waals surface area contributed by atoms with Crippen LogP contribution in [0, 0.1) is 0 Å². The predicted molar refractivity (Wildman–Crippen MR) is 98.1 cm³/mol. The van der Waals surface area contributed by atoms with Crippen LogP contribution in [0.5, 0.6) is 0 Å². The number of amides is 3. The van der Waals surface area contributed by atoms with Gasteiger partial charge in [0.15, 0.2) is 0 Å². The monoisotopic (exact) mass is 359 g/mol. The number of nitrogens with zero attached hydrogens (tertiary/aromatic N) is 2. The lowest BCUT2D eigenvalue weighted by molar-refractivity contribution is -0.127. The second-order valence-corrected chi connectivity index (χ2v) is 6.82. The van der Waals surface area contributed by atoms with Gasteiger partial charge in [-0.1, -0.05) is 36.7 Å². The average molecular weight is 360 g/mol. The summed E-state index contributed by atoms with van der Waals surface area (Å²) in [5.74, 6) is -0.0246. The molecule has 3 amide bonds. The Labute approximate surface area is 152 Å². The zero-order valence-electron chi connectivity index (χ0n) is 14.5. The first kappa shape index (κ1) is 17.5. The number of halogens is 1. The molecule has 0 aromatic heterocycles. The van der Waals surface area contributed by atoms with E-state index in [1.165, 1.54) is 0 Å². The van der Waals surface area contributed by atoms with Crippen LogP contribution >= 0.6 is 11.6 Å². The molecular weight excluding hydrogens is 338 g/mol. The largest absolute Gasteiger partial charge is 0.330 e. The molecule has 6 heteroatoms. The summed E-state index contributed by atoms with van der Waals surface area (Å²) < 4.78 is 0. The van der Waals surface area contributed by atoms with Gasteiger partial charge in [0, 0.05) is 17.6 Å². The predicted octanol–water partition coefficient (Wildman–Crippen LogP) is 3.49. The molecule has 0 saturated carbocycles. The van der Waals surface area contributed by atoms with E-state index >= 15 is 0 Å². The Morgan fingerprint density at radius 3 is 2.84 bits per heavy atom. The Morgan fingerprint density at radius 1 is 1.44 bits per heavy atom. The quantitative estimate of drug-likeness (QED) is 0.818. The molecule has 2 aliphatic heterocycles. The van der Waals surface area contributed by atoms with Crippen molar-refractivity contribution in [1.29, 1.82) is 0 Å². The summed E-state index contributed by atoms with van der Waals surface area (Å²) in [7, 11) is 0. The third-order valence-electron chi connectivity index (χ3n) is 4.87. The highest BCUT2D eigenvalue weighted by Crippen LogP contribution is 2.37. The third-order valence-corrected chi connectivity index (χ3v) is 5.10. The summed E-state index contributed by atoms with van der Waals surface area (Å²) in [6.07, 6.45) is 2.53. The highest BCUT2D eigenvalue weighted by molar-refractivity contribution is 6.30. The molecule has 0 aliphatic carbocycles. The number of carbonyl (C=O) groups excluding carboxylic acids is 2. The molecule has 0 fully saturated rings. The Bertz CT molecular complexity index is 759. The van der Waals surface area contributed by atoms with Crippen molar-refractivity contribution in [1.82, 2.24) is 15.1 Å². The molecule has 132 valence electrons. The van der Waals surface area contributed by atoms with Gasteiger partial charge in [0.2, 0.25) is 0 Å². The van der Waals surface area contributed by atoms with Crippen LogP contribution < -0.4 is 5.32 Å². The molecule has 0 spiro atoms. The van der Waals surface area contributed by atoms with Gasteiger partial charge in [-0.25, -0.2) is 4.79 Å². The van der Waals surface area contributed by atoms with Gasteiger partial charge in [0.05, 0.1) is 23.9 Å². The lowest BCUT2D eigenvalue weighted by Crippen LogP contribution is -2.47. The molecule has 1 aromatic rings. The first-order valence-corrected chi connectivity index (χ1v) is 8.84. The maximum atomic E-state index is 13.1. The maximum absolute atomic E-state index is 13.1. The Morgan fingerprint density at radius 2 is 2.20 bits per heavy atom. The Kier molecular flexibility index (Phi) is 4.86. The van der Waals surface area contributed by atoms with Crippen molar-refractivity contribution in [2.45, 2.75) is 32.4 Å². The summed E-state index contributed by atoms with van der Waals surface area (Å²) in [5, 5.41) is 3.52. The number of carbonyl (C=O) groups is 2. The summed E-state index contributed by atoms with van der Waals surface area (Å²) in [5.41, 5.74) is 2.20. The molecule has 0 saturated heterocycles. The fraction of sp³-hybridized carbons (Fsp3) is 0.368. The Hall–Kier alpha value is -2.27. The summed E-state index contributed by atoms with van der Waals surface area (Å²) in [6.45, 7) is 8.61. The van der Waals surface area contributed by atoms with Gasteiger partial charge in [0.25, 0.3) is 5.91 Å². The molecule has 0 radical (unpaired) electrons. The van der Waals surface area contributed by atoms with Crippen LogP contribution in [0.1, 0.15) is 31.9 Å². The molecule has 2 aliphatic rings. The van der Waals surface area contributed by atoms with Crippen LogP contribution in [-0.2, 0) is 4.79 Å². The van der Waals surface area contributed by atoms with E-state index in [0.29, 0.717) is 23.7 Å². The van der Waals surface area contributed by atoms with Crippen LogP contribution in [0.4, 0.5) is 4.79 Å². The first-order valence-electron chi connectivity index (χ1n) is 8.46. The third kappa shape index (κ3) is 3.04. The molecule has 5 nitrogen and oxygen atoms in total. The van der Waals surface area contributed by atoms with Crippen LogP contribution in [0.2, 0.25) is 5.02 Å². The Balaban J connectivity index is 2.07. The van der Waals surface area contributed by atoms with Gasteiger partial charge < -0.3 is 10.2 Å². The van der Waals surface area contributed by atoms with Crippen molar-refractivity contribution in [3.8, 4) is 0 Å². The topological polar surface area (TPSA) is 52.7 Å². The number of urea groups is 1. The van der Waals surface area contributed by atoms with Crippen molar-refractivity contribution in [3.63, 3.8) is 0 Å². The lowest BCUT2D eigenvalue weighted by atomic mass is 9.95. The van der Waals surface area contributed by atoms with Gasteiger partial charge in [-0.15, -0.1) is 6.58 Å². The molecule has 1 aromatic carbocycles. The summed E-state index contributed by atoms with van der Waals surface area (Å²) >= 11 is 6.11. The van der Waals surface area contributed by atoms with Crippen molar-refractivity contribution in [2.75, 3.05) is 13.1 Å². The van der Waals surface area contributed by atoms with Gasteiger partial charge in [-0.3, -0.25) is 9.69 Å². The van der Waals surface area contributed by atoms with E-state index in [9.17, 15) is 9.59 Å². The van der Waals surface area contributed by atoms with Crippen molar-refractivity contribution in [2.24, 2.45) is 0 Å². The molecule has 2 heterocycles. The van der Waals surface area contributed by atoms with Crippen molar-refractivity contribution < 1.29 is 9.59 Å². The molecule has 1 N–H and O–H groups in total. The molecule has 2 atom stereocenters. The summed E-state index contributed by atoms with van der Waals surface area (Å²) in [6, 6.07) is 6.68. The van der Waals surface area contributed by atoms with Crippen molar-refractivity contribution >= 4 is 23.5 Å². The second kappa shape index (κ2) is 6.92. The first-order chi connectivity index (χ1) is 12.0. The number of rotatable bonds is 5. The molecular formula is C19H22ClN3O2. The maximum Gasteiger partial charge on any atom is 0.322 e. The van der Waals surface area contributed by atoms with E-state index in [1.54, 1.807) is 23.1 Å². The van der Waals surface area contributed by atoms with E-state index in [1.807, 2.05) is 24.0 Å². The molecule has 0 unspecified atom stereocenters. The standard InChI is InChI=1S/C19H22ClN3O2/c1-4-9-22-15-11-23(12(3)5-2)18(24)16(15)17(21-19(22)25)13-7-6-8-14(20)10-13/h4,6-8,10,12,17H,1,5,9,11H2,2-3H3,(H,21,25)/t12-,17-/m1/s1. The van der Waals surface area contributed by atoms with Gasteiger partial charge in [-0.2, -0.15) is 0 Å². The van der Waals surface area contributed by atoms with Gasteiger partial charge in [-0.05, 0) is 31.0 Å². The van der Waals surface area contributed by atoms with E-state index in [0.717, 1.165) is 17.7 Å². The number of nitrogens with one attached hydrogen (secondary N) is 1. The minimum Gasteiger partial charge on any atom is -0.330 e. The minimum absolute atomic E-state index is 0.0246. The number of benzene rings is 1. The normalized spacial score (nSPS) is 21.3. The fourth-order valence-corrected chi connectivity index (χ4v) is 3.55. The summed E-state index contributed by atoms with van der Waals surface area (Å²) in [4.78, 5) is 29.1. The van der Waals surface area contributed by atoms with Gasteiger partial charge in [0.1, 0.15) is 0 Å².